The summed E-state index contributed by atoms with van der Waals surface area (Å²) in [5.74, 6) is -0.453. The number of hydrogen-bond donors (Lipinski definition) is 2. The van der Waals surface area contributed by atoms with Crippen molar-refractivity contribution in [1.29, 1.82) is 0 Å². The number of benzene rings is 1. The highest BCUT2D eigenvalue weighted by molar-refractivity contribution is 6.35. The fourth-order valence-electron chi connectivity index (χ4n) is 1.81. The minimum Gasteiger partial charge on any atom is -0.345 e. The van der Waals surface area contributed by atoms with E-state index in [0.717, 1.165) is 5.56 Å². The molecule has 4 nitrogen and oxygen atoms in total. The van der Waals surface area contributed by atoms with Crippen LogP contribution in [0.2, 0.25) is 10.0 Å². The quantitative estimate of drug-likeness (QED) is 0.914. The van der Waals surface area contributed by atoms with E-state index in [4.69, 9.17) is 23.2 Å². The lowest BCUT2D eigenvalue weighted by Crippen LogP contribution is -2.31. The number of carbonyl (C=O) groups is 1. The number of amides is 1. The number of aromatic amines is 1. The molecule has 20 heavy (non-hydrogen) atoms. The molecule has 0 aliphatic carbocycles. The molecule has 0 bridgehead atoms. The van der Waals surface area contributed by atoms with Crippen LogP contribution in [-0.2, 0) is 0 Å². The molecule has 0 saturated heterocycles. The Labute approximate surface area is 125 Å². The van der Waals surface area contributed by atoms with E-state index in [1.807, 2.05) is 0 Å². The predicted molar refractivity (Wildman–Crippen MR) is 79.4 cm³/mol. The van der Waals surface area contributed by atoms with E-state index in [1.165, 1.54) is 12.3 Å². The van der Waals surface area contributed by atoms with Crippen molar-refractivity contribution in [2.45, 2.75) is 13.0 Å². The van der Waals surface area contributed by atoms with Crippen LogP contribution in [-0.4, -0.2) is 10.9 Å². The van der Waals surface area contributed by atoms with Crippen LogP contribution in [0.4, 0.5) is 0 Å². The summed E-state index contributed by atoms with van der Waals surface area (Å²) >= 11 is 11.9. The Morgan fingerprint density at radius 1 is 1.30 bits per heavy atom. The van der Waals surface area contributed by atoms with Gasteiger partial charge in [-0.1, -0.05) is 29.3 Å². The second-order valence-electron chi connectivity index (χ2n) is 4.27. The van der Waals surface area contributed by atoms with Crippen LogP contribution in [0.3, 0.4) is 0 Å². The number of aromatic nitrogens is 1. The molecule has 0 radical (unpaired) electrons. The number of hydrogen-bond acceptors (Lipinski definition) is 2. The highest BCUT2D eigenvalue weighted by atomic mass is 35.5. The molecule has 0 fully saturated rings. The highest BCUT2D eigenvalue weighted by Crippen LogP contribution is 2.26. The van der Waals surface area contributed by atoms with Gasteiger partial charge in [0.1, 0.15) is 5.56 Å². The van der Waals surface area contributed by atoms with Crippen LogP contribution in [0.25, 0.3) is 0 Å². The van der Waals surface area contributed by atoms with Gasteiger partial charge >= 0.3 is 0 Å². The summed E-state index contributed by atoms with van der Waals surface area (Å²) in [7, 11) is 0. The summed E-state index contributed by atoms with van der Waals surface area (Å²) in [4.78, 5) is 26.0. The molecule has 0 aliphatic heterocycles. The van der Waals surface area contributed by atoms with E-state index in [1.54, 1.807) is 31.2 Å². The minimum atomic E-state index is -0.453. The maximum Gasteiger partial charge on any atom is 0.260 e. The Balaban J connectivity index is 2.20. The van der Waals surface area contributed by atoms with Crippen molar-refractivity contribution in [3.63, 3.8) is 0 Å². The molecule has 104 valence electrons. The summed E-state index contributed by atoms with van der Waals surface area (Å²) in [6.07, 6.45) is 1.47. The molecule has 0 spiro atoms. The van der Waals surface area contributed by atoms with Gasteiger partial charge in [-0.3, -0.25) is 9.59 Å². The van der Waals surface area contributed by atoms with E-state index in [2.05, 4.69) is 10.3 Å². The van der Waals surface area contributed by atoms with Gasteiger partial charge in [-0.15, -0.1) is 0 Å². The molecule has 2 N–H and O–H groups in total. The van der Waals surface area contributed by atoms with E-state index in [-0.39, 0.29) is 11.6 Å². The van der Waals surface area contributed by atoms with Crippen molar-refractivity contribution < 1.29 is 4.79 Å². The highest BCUT2D eigenvalue weighted by Gasteiger charge is 2.16. The first-order valence-corrected chi connectivity index (χ1v) is 6.68. The van der Waals surface area contributed by atoms with Crippen molar-refractivity contribution in [3.8, 4) is 0 Å². The average Bonchev–Trinajstić information content (AvgIpc) is 2.38. The largest absolute Gasteiger partial charge is 0.345 e. The first-order valence-electron chi connectivity index (χ1n) is 5.92. The molecular formula is C14H12Cl2N2O2. The fourth-order valence-corrected chi connectivity index (χ4v) is 2.38. The third kappa shape index (κ3) is 3.21. The molecule has 0 saturated carbocycles. The summed E-state index contributed by atoms with van der Waals surface area (Å²) in [6.45, 7) is 1.78. The fraction of sp³-hybridized carbons (Fsp3) is 0.143. The maximum atomic E-state index is 12.0. The van der Waals surface area contributed by atoms with Gasteiger partial charge in [0.2, 0.25) is 0 Å². The van der Waals surface area contributed by atoms with Gasteiger partial charge in [0, 0.05) is 16.2 Å². The van der Waals surface area contributed by atoms with Gasteiger partial charge < -0.3 is 10.3 Å². The zero-order chi connectivity index (χ0) is 14.7. The first kappa shape index (κ1) is 14.6. The van der Waals surface area contributed by atoms with Crippen LogP contribution < -0.4 is 10.9 Å². The van der Waals surface area contributed by atoms with E-state index >= 15 is 0 Å². The van der Waals surface area contributed by atoms with Crippen LogP contribution >= 0.6 is 23.2 Å². The molecule has 2 rings (SSSR count). The van der Waals surface area contributed by atoms with Gasteiger partial charge in [0.05, 0.1) is 6.04 Å². The summed E-state index contributed by atoms with van der Waals surface area (Å²) in [5.41, 5.74) is 0.362. The third-order valence-corrected chi connectivity index (χ3v) is 3.40. The standard InChI is InChI=1S/C14H12Cl2N2O2/c1-8(10-5-4-9(15)7-12(10)16)18-14(20)11-3-2-6-17-13(11)19/h2-8H,1H3,(H,17,19)(H,18,20)/t8-/m0/s1. The van der Waals surface area contributed by atoms with Crippen molar-refractivity contribution in [2.24, 2.45) is 0 Å². The van der Waals surface area contributed by atoms with Crippen LogP contribution in [0.1, 0.15) is 28.9 Å². The van der Waals surface area contributed by atoms with Crippen LogP contribution in [0.5, 0.6) is 0 Å². The normalized spacial score (nSPS) is 11.9. The number of H-pyrrole nitrogens is 1. The van der Waals surface area contributed by atoms with Gasteiger partial charge in [-0.05, 0) is 36.8 Å². The summed E-state index contributed by atoms with van der Waals surface area (Å²) in [5, 5.41) is 3.72. The lowest BCUT2D eigenvalue weighted by molar-refractivity contribution is 0.0938. The Kier molecular flexibility index (Phi) is 4.47. The van der Waals surface area contributed by atoms with Gasteiger partial charge in [-0.2, -0.15) is 0 Å². The topological polar surface area (TPSA) is 62.0 Å². The second kappa shape index (κ2) is 6.11. The molecule has 1 aromatic carbocycles. The molecule has 1 amide bonds. The monoisotopic (exact) mass is 310 g/mol. The number of pyridine rings is 1. The lowest BCUT2D eigenvalue weighted by Gasteiger charge is -2.15. The van der Waals surface area contributed by atoms with Crippen molar-refractivity contribution in [1.82, 2.24) is 10.3 Å². The lowest BCUT2D eigenvalue weighted by atomic mass is 10.1. The number of halogens is 2. The minimum absolute atomic E-state index is 0.0597. The Morgan fingerprint density at radius 3 is 2.70 bits per heavy atom. The number of nitrogens with one attached hydrogen (secondary N) is 2. The first-order chi connectivity index (χ1) is 9.49. The molecule has 6 heteroatoms. The van der Waals surface area contributed by atoms with E-state index in [0.29, 0.717) is 10.0 Å². The van der Waals surface area contributed by atoms with Crippen LogP contribution in [0.15, 0.2) is 41.3 Å². The molecule has 1 aromatic heterocycles. The Hall–Kier alpha value is -1.78. The molecule has 0 unspecified atom stereocenters. The van der Waals surface area contributed by atoms with Gasteiger partial charge in [-0.25, -0.2) is 0 Å². The Bertz CT molecular complexity index is 698. The average molecular weight is 311 g/mol. The van der Waals surface area contributed by atoms with Crippen LogP contribution in [0, 0.1) is 0 Å². The SMILES string of the molecule is C[C@H](NC(=O)c1ccc[nH]c1=O)c1ccc(Cl)cc1Cl. The number of carbonyl (C=O) groups excluding carboxylic acids is 1. The molecule has 1 heterocycles. The van der Waals surface area contributed by atoms with E-state index < -0.39 is 11.5 Å². The van der Waals surface area contributed by atoms with Gasteiger partial charge in [0.15, 0.2) is 0 Å². The second-order valence-corrected chi connectivity index (χ2v) is 5.12. The zero-order valence-electron chi connectivity index (χ0n) is 10.6. The van der Waals surface area contributed by atoms with Crippen molar-refractivity contribution in [2.75, 3.05) is 0 Å². The summed E-state index contributed by atoms with van der Waals surface area (Å²) < 4.78 is 0. The smallest absolute Gasteiger partial charge is 0.260 e. The third-order valence-electron chi connectivity index (χ3n) is 2.84. The number of rotatable bonds is 3. The predicted octanol–water partition coefficient (Wildman–Crippen LogP) is 3.17. The molecule has 2 aromatic rings. The Morgan fingerprint density at radius 2 is 2.05 bits per heavy atom. The van der Waals surface area contributed by atoms with E-state index in [9.17, 15) is 9.59 Å². The van der Waals surface area contributed by atoms with Gasteiger partial charge in [0.25, 0.3) is 11.5 Å². The molecular weight excluding hydrogens is 299 g/mol. The van der Waals surface area contributed by atoms with Crippen molar-refractivity contribution >= 4 is 29.1 Å². The maximum absolute atomic E-state index is 12.0. The summed E-state index contributed by atoms with van der Waals surface area (Å²) in [6, 6.07) is 7.76. The van der Waals surface area contributed by atoms with Crippen molar-refractivity contribution in [3.05, 3.63) is 68.1 Å². The molecule has 0 aliphatic rings. The molecule has 1 atom stereocenters. The zero-order valence-corrected chi connectivity index (χ0v) is 12.1.